The SMILES string of the molecule is CC(C)(C)OC(=O)N1CC[C@@H](NC(=O)c2[nH]cnc2C(=O)Nc2ccc(CC(=O)c3ccc(F)cc3Cl)cc2)C1. The number of aromatic nitrogens is 2. The van der Waals surface area contributed by atoms with Crippen molar-refractivity contribution < 1.29 is 28.3 Å². The Kier molecular flexibility index (Phi) is 8.53. The molecule has 10 nitrogen and oxygen atoms in total. The molecule has 2 heterocycles. The van der Waals surface area contributed by atoms with E-state index in [2.05, 4.69) is 20.6 Å². The highest BCUT2D eigenvalue weighted by atomic mass is 35.5. The zero-order chi connectivity index (χ0) is 29.0. The van der Waals surface area contributed by atoms with Crippen molar-refractivity contribution in [2.75, 3.05) is 18.4 Å². The molecule has 1 aromatic heterocycles. The van der Waals surface area contributed by atoms with Gasteiger partial charge in [-0.15, -0.1) is 0 Å². The Morgan fingerprint density at radius 1 is 1.12 bits per heavy atom. The number of carbonyl (C=O) groups is 4. The number of nitrogens with zero attached hydrogens (tertiary/aromatic N) is 2. The smallest absolute Gasteiger partial charge is 0.410 e. The zero-order valence-electron chi connectivity index (χ0n) is 22.2. The fourth-order valence-corrected chi connectivity index (χ4v) is 4.43. The lowest BCUT2D eigenvalue weighted by atomic mass is 10.0. The lowest BCUT2D eigenvalue weighted by Crippen LogP contribution is -2.40. The fraction of sp³-hybridized carbons (Fsp3) is 0.321. The molecule has 2 aromatic carbocycles. The van der Waals surface area contributed by atoms with Gasteiger partial charge in [0.1, 0.15) is 17.1 Å². The summed E-state index contributed by atoms with van der Waals surface area (Å²) < 4.78 is 18.6. The highest BCUT2D eigenvalue weighted by molar-refractivity contribution is 6.34. The molecule has 1 aliphatic rings. The molecule has 3 aromatic rings. The van der Waals surface area contributed by atoms with E-state index in [1.807, 2.05) is 0 Å². The molecule has 0 spiro atoms. The van der Waals surface area contributed by atoms with Crippen molar-refractivity contribution in [3.63, 3.8) is 0 Å². The first-order chi connectivity index (χ1) is 18.9. The Balaban J connectivity index is 1.33. The van der Waals surface area contributed by atoms with Crippen LogP contribution < -0.4 is 10.6 Å². The molecule has 0 bridgehead atoms. The Bertz CT molecular complexity index is 1430. The predicted octanol–water partition coefficient (Wildman–Crippen LogP) is 4.62. The van der Waals surface area contributed by atoms with Crippen LogP contribution in [0.4, 0.5) is 14.9 Å². The van der Waals surface area contributed by atoms with Crippen LogP contribution in [0.5, 0.6) is 0 Å². The molecule has 4 rings (SSSR count). The molecule has 12 heteroatoms. The van der Waals surface area contributed by atoms with Gasteiger partial charge in [0, 0.05) is 36.8 Å². The summed E-state index contributed by atoms with van der Waals surface area (Å²) in [6, 6.07) is 9.86. The van der Waals surface area contributed by atoms with Gasteiger partial charge in [-0.2, -0.15) is 0 Å². The summed E-state index contributed by atoms with van der Waals surface area (Å²) in [4.78, 5) is 58.8. The van der Waals surface area contributed by atoms with Crippen LogP contribution in [0.15, 0.2) is 48.8 Å². The van der Waals surface area contributed by atoms with Gasteiger partial charge in [0.25, 0.3) is 11.8 Å². The lowest BCUT2D eigenvalue weighted by Gasteiger charge is -2.24. The topological polar surface area (TPSA) is 133 Å². The van der Waals surface area contributed by atoms with Gasteiger partial charge in [-0.3, -0.25) is 14.4 Å². The fourth-order valence-electron chi connectivity index (χ4n) is 4.16. The van der Waals surface area contributed by atoms with Crippen molar-refractivity contribution in [1.82, 2.24) is 20.2 Å². The van der Waals surface area contributed by atoms with Gasteiger partial charge in [0.2, 0.25) is 0 Å². The van der Waals surface area contributed by atoms with Gasteiger partial charge in [-0.1, -0.05) is 23.7 Å². The van der Waals surface area contributed by atoms with Crippen molar-refractivity contribution in [2.24, 2.45) is 0 Å². The molecule has 0 saturated carbocycles. The van der Waals surface area contributed by atoms with Crippen LogP contribution in [0.1, 0.15) is 64.1 Å². The van der Waals surface area contributed by atoms with Crippen LogP contribution in [0, 0.1) is 5.82 Å². The number of rotatable bonds is 7. The van der Waals surface area contributed by atoms with Crippen LogP contribution in [0.3, 0.4) is 0 Å². The number of H-pyrrole nitrogens is 1. The zero-order valence-corrected chi connectivity index (χ0v) is 23.0. The van der Waals surface area contributed by atoms with Gasteiger partial charge in [0.15, 0.2) is 11.5 Å². The van der Waals surface area contributed by atoms with Gasteiger partial charge in [-0.25, -0.2) is 14.2 Å². The molecule has 0 aliphatic carbocycles. The third-order valence-corrected chi connectivity index (χ3v) is 6.38. The maximum atomic E-state index is 13.3. The monoisotopic (exact) mass is 569 g/mol. The number of halogens is 2. The Labute approximate surface area is 235 Å². The summed E-state index contributed by atoms with van der Waals surface area (Å²) in [5.74, 6) is -1.92. The first-order valence-corrected chi connectivity index (χ1v) is 13.0. The molecule has 1 atom stereocenters. The second-order valence-corrected chi connectivity index (χ2v) is 10.8. The number of hydrogen-bond donors (Lipinski definition) is 3. The summed E-state index contributed by atoms with van der Waals surface area (Å²) in [6.07, 6.45) is 1.39. The highest BCUT2D eigenvalue weighted by Gasteiger charge is 2.32. The standard InChI is InChI=1S/C28H29ClFN5O5/c1-28(2,3)40-27(39)35-11-10-19(14-35)34-26(38)24-23(31-15-32-24)25(37)33-18-7-4-16(5-8-18)12-22(36)20-9-6-17(30)13-21(20)29/h4-9,13,15,19H,10-12,14H2,1-3H3,(H,31,32)(H,33,37)(H,34,38)/t19-/m1/s1. The first-order valence-electron chi connectivity index (χ1n) is 12.6. The van der Waals surface area contributed by atoms with Gasteiger partial charge < -0.3 is 25.3 Å². The van der Waals surface area contributed by atoms with E-state index < -0.39 is 29.3 Å². The van der Waals surface area contributed by atoms with Crippen molar-refractivity contribution in [1.29, 1.82) is 0 Å². The molecular formula is C28H29ClFN5O5. The van der Waals surface area contributed by atoms with Crippen LogP contribution >= 0.6 is 11.6 Å². The minimum atomic E-state index is -0.618. The predicted molar refractivity (Wildman–Crippen MR) is 146 cm³/mol. The molecule has 1 fully saturated rings. The van der Waals surface area contributed by atoms with E-state index in [0.717, 1.165) is 6.07 Å². The number of amides is 3. The minimum Gasteiger partial charge on any atom is -0.444 e. The number of hydrogen-bond acceptors (Lipinski definition) is 6. The van der Waals surface area contributed by atoms with E-state index in [0.29, 0.717) is 30.8 Å². The number of anilines is 1. The van der Waals surface area contributed by atoms with Gasteiger partial charge >= 0.3 is 6.09 Å². The van der Waals surface area contributed by atoms with Crippen LogP contribution in [-0.4, -0.2) is 63.3 Å². The van der Waals surface area contributed by atoms with Crippen molar-refractivity contribution in [3.05, 3.63) is 82.1 Å². The molecular weight excluding hydrogens is 541 g/mol. The number of ether oxygens (including phenoxy) is 1. The quantitative estimate of drug-likeness (QED) is 0.356. The number of likely N-dealkylation sites (tertiary alicyclic amines) is 1. The van der Waals surface area contributed by atoms with Crippen LogP contribution in [-0.2, 0) is 11.2 Å². The largest absolute Gasteiger partial charge is 0.444 e. The molecule has 0 unspecified atom stereocenters. The van der Waals surface area contributed by atoms with Crippen molar-refractivity contribution in [3.8, 4) is 0 Å². The van der Waals surface area contributed by atoms with Crippen molar-refractivity contribution >= 4 is 41.0 Å². The average Bonchev–Trinajstić information content (AvgIpc) is 3.54. The summed E-state index contributed by atoms with van der Waals surface area (Å²) in [5.41, 5.74) is 0.600. The minimum absolute atomic E-state index is 0.00777. The highest BCUT2D eigenvalue weighted by Crippen LogP contribution is 2.21. The third kappa shape index (κ3) is 7.23. The number of benzene rings is 2. The Hall–Kier alpha value is -4.25. The van der Waals surface area contributed by atoms with Gasteiger partial charge in [0.05, 0.1) is 11.3 Å². The number of aromatic amines is 1. The number of ketones is 1. The molecule has 0 radical (unpaired) electrons. The second kappa shape index (κ2) is 11.9. The second-order valence-electron chi connectivity index (χ2n) is 10.4. The Morgan fingerprint density at radius 3 is 2.52 bits per heavy atom. The average molecular weight is 570 g/mol. The summed E-state index contributed by atoms with van der Waals surface area (Å²) >= 11 is 5.98. The summed E-state index contributed by atoms with van der Waals surface area (Å²) in [7, 11) is 0. The van der Waals surface area contributed by atoms with E-state index in [-0.39, 0.29) is 40.2 Å². The van der Waals surface area contributed by atoms with E-state index in [1.165, 1.54) is 23.4 Å². The maximum Gasteiger partial charge on any atom is 0.410 e. The molecule has 1 saturated heterocycles. The summed E-state index contributed by atoms with van der Waals surface area (Å²) in [5, 5.41) is 5.56. The van der Waals surface area contributed by atoms with Crippen LogP contribution in [0.2, 0.25) is 5.02 Å². The van der Waals surface area contributed by atoms with E-state index in [9.17, 15) is 23.6 Å². The van der Waals surface area contributed by atoms with Crippen LogP contribution in [0.25, 0.3) is 0 Å². The Morgan fingerprint density at radius 2 is 1.85 bits per heavy atom. The normalized spacial score (nSPS) is 15.0. The third-order valence-electron chi connectivity index (χ3n) is 6.06. The molecule has 1 aliphatic heterocycles. The van der Waals surface area contributed by atoms with Crippen molar-refractivity contribution in [2.45, 2.75) is 45.3 Å². The van der Waals surface area contributed by atoms with E-state index >= 15 is 0 Å². The number of Topliss-reactive ketones (excluding diaryl/α,β-unsaturated/α-hetero) is 1. The number of imidazole rings is 1. The molecule has 3 N–H and O–H groups in total. The first kappa shape index (κ1) is 28.8. The molecule has 3 amide bonds. The molecule has 40 heavy (non-hydrogen) atoms. The maximum absolute atomic E-state index is 13.3. The lowest BCUT2D eigenvalue weighted by molar-refractivity contribution is 0.0289. The number of nitrogens with one attached hydrogen (secondary N) is 3. The number of carbonyl (C=O) groups excluding carboxylic acids is 4. The van der Waals surface area contributed by atoms with Gasteiger partial charge in [-0.05, 0) is 63.1 Å². The molecule has 210 valence electrons. The summed E-state index contributed by atoms with van der Waals surface area (Å²) in [6.45, 7) is 6.08. The van der Waals surface area contributed by atoms with E-state index in [4.69, 9.17) is 16.3 Å². The van der Waals surface area contributed by atoms with E-state index in [1.54, 1.807) is 45.0 Å².